The monoisotopic (exact) mass is 514 g/mol. The quantitative estimate of drug-likeness (QED) is 0.0847. The van der Waals surface area contributed by atoms with Crippen LogP contribution in [0.5, 0.6) is 0 Å². The van der Waals surface area contributed by atoms with Crippen LogP contribution < -0.4 is 0 Å². The van der Waals surface area contributed by atoms with E-state index in [4.69, 9.17) is 49.5 Å². The van der Waals surface area contributed by atoms with Crippen LogP contribution in [0.25, 0.3) is 0 Å². The molecule has 0 N–H and O–H groups in total. The highest BCUT2D eigenvalue weighted by Crippen LogP contribution is 2.01. The van der Waals surface area contributed by atoms with Gasteiger partial charge in [-0.2, -0.15) is 0 Å². The molecule has 0 aliphatic carbocycles. The Kier molecular flexibility index (Phi) is 30.0. The van der Waals surface area contributed by atoms with Crippen LogP contribution >= 0.6 is 11.6 Å². The summed E-state index contributed by atoms with van der Waals surface area (Å²) in [4.78, 5) is 11.1. The van der Waals surface area contributed by atoms with E-state index in [9.17, 15) is 4.79 Å². The standard InChI is InChI=1S/C24H47ClO9/c1-2-7-24(26)34-23-22-33-21-20-32-19-18-31-17-16-30-15-14-29-13-12-28-11-10-27-9-6-4-3-5-8-25/h2-23H2,1H3. The highest BCUT2D eigenvalue weighted by molar-refractivity contribution is 6.17. The maximum Gasteiger partial charge on any atom is 0.305 e. The van der Waals surface area contributed by atoms with Crippen molar-refractivity contribution in [1.82, 2.24) is 0 Å². The summed E-state index contributed by atoms with van der Waals surface area (Å²) in [5.41, 5.74) is 0. The zero-order valence-corrected chi connectivity index (χ0v) is 21.9. The molecule has 0 atom stereocenters. The van der Waals surface area contributed by atoms with Crippen LogP contribution in [-0.4, -0.2) is 111 Å². The van der Waals surface area contributed by atoms with E-state index in [1.165, 1.54) is 12.8 Å². The molecule has 0 spiro atoms. The number of carbonyl (C=O) groups excluding carboxylic acids is 1. The Hall–Kier alpha value is -0.520. The lowest BCUT2D eigenvalue weighted by Crippen LogP contribution is -2.15. The third-order valence-corrected chi connectivity index (χ3v) is 4.62. The maximum atomic E-state index is 11.1. The lowest BCUT2D eigenvalue weighted by Gasteiger charge is -2.08. The number of rotatable bonds is 29. The van der Waals surface area contributed by atoms with E-state index in [1.54, 1.807) is 0 Å². The van der Waals surface area contributed by atoms with E-state index in [2.05, 4.69) is 0 Å². The second kappa shape index (κ2) is 30.5. The van der Waals surface area contributed by atoms with E-state index in [-0.39, 0.29) is 12.6 Å². The van der Waals surface area contributed by atoms with E-state index >= 15 is 0 Å². The number of halogens is 1. The van der Waals surface area contributed by atoms with Crippen LogP contribution in [0.1, 0.15) is 45.4 Å². The average Bonchev–Trinajstić information content (AvgIpc) is 2.83. The predicted molar refractivity (Wildman–Crippen MR) is 131 cm³/mol. The molecule has 0 aliphatic rings. The topological polar surface area (TPSA) is 90.9 Å². The molecule has 204 valence electrons. The van der Waals surface area contributed by atoms with Crippen LogP contribution in [-0.2, 0) is 42.7 Å². The molecule has 0 aromatic rings. The predicted octanol–water partition coefficient (Wildman–Crippen LogP) is 3.25. The smallest absolute Gasteiger partial charge is 0.305 e. The van der Waals surface area contributed by atoms with Gasteiger partial charge in [-0.25, -0.2) is 0 Å². The third-order valence-electron chi connectivity index (χ3n) is 4.35. The summed E-state index contributed by atoms with van der Waals surface area (Å²) in [5, 5.41) is 0. The lowest BCUT2D eigenvalue weighted by atomic mass is 10.2. The molecule has 10 heteroatoms. The van der Waals surface area contributed by atoms with Crippen LogP contribution in [0.2, 0.25) is 0 Å². The summed E-state index contributed by atoms with van der Waals surface area (Å²) in [6.07, 6.45) is 5.74. The molecular formula is C24H47ClO9. The number of hydrogen-bond acceptors (Lipinski definition) is 9. The fourth-order valence-corrected chi connectivity index (χ4v) is 2.75. The Morgan fingerprint density at radius 1 is 0.500 bits per heavy atom. The van der Waals surface area contributed by atoms with Gasteiger partial charge in [0.05, 0.1) is 85.9 Å². The van der Waals surface area contributed by atoms with Gasteiger partial charge in [0.25, 0.3) is 0 Å². The van der Waals surface area contributed by atoms with Gasteiger partial charge < -0.3 is 37.9 Å². The second-order valence-corrected chi connectivity index (χ2v) is 7.74. The molecule has 0 amide bonds. The molecular weight excluding hydrogens is 468 g/mol. The van der Waals surface area contributed by atoms with Gasteiger partial charge in [0.2, 0.25) is 0 Å². The minimum Gasteiger partial charge on any atom is -0.463 e. The Labute approximate surface area is 211 Å². The van der Waals surface area contributed by atoms with Gasteiger partial charge in [-0.15, -0.1) is 11.6 Å². The van der Waals surface area contributed by atoms with Gasteiger partial charge in [-0.05, 0) is 19.3 Å². The average molecular weight is 515 g/mol. The van der Waals surface area contributed by atoms with Crippen molar-refractivity contribution in [2.75, 3.05) is 105 Å². The number of unbranched alkanes of at least 4 members (excludes halogenated alkanes) is 3. The molecule has 0 aliphatic heterocycles. The Balaban J connectivity index is 3.03. The van der Waals surface area contributed by atoms with Crippen molar-refractivity contribution in [2.24, 2.45) is 0 Å². The first-order chi connectivity index (χ1) is 16.8. The first kappa shape index (κ1) is 33.5. The first-order valence-corrected chi connectivity index (χ1v) is 13.1. The van der Waals surface area contributed by atoms with Crippen LogP contribution in [0.3, 0.4) is 0 Å². The van der Waals surface area contributed by atoms with Crippen LogP contribution in [0.15, 0.2) is 0 Å². The summed E-state index contributed by atoms with van der Waals surface area (Å²) in [6, 6.07) is 0. The minimum absolute atomic E-state index is 0.182. The van der Waals surface area contributed by atoms with Gasteiger partial charge in [0.15, 0.2) is 0 Å². The van der Waals surface area contributed by atoms with Crippen LogP contribution in [0.4, 0.5) is 0 Å². The number of hydrogen-bond donors (Lipinski definition) is 0. The van der Waals surface area contributed by atoms with Crippen molar-refractivity contribution in [3.05, 3.63) is 0 Å². The van der Waals surface area contributed by atoms with Gasteiger partial charge in [0, 0.05) is 18.9 Å². The molecule has 0 saturated carbocycles. The van der Waals surface area contributed by atoms with Crippen molar-refractivity contribution < 1.29 is 42.7 Å². The Morgan fingerprint density at radius 3 is 1.24 bits per heavy atom. The number of ether oxygens (including phenoxy) is 8. The van der Waals surface area contributed by atoms with E-state index in [0.717, 1.165) is 31.7 Å². The summed E-state index contributed by atoms with van der Waals surface area (Å²) >= 11 is 5.63. The number of alkyl halides is 1. The number of carbonyl (C=O) groups is 1. The summed E-state index contributed by atoms with van der Waals surface area (Å²) in [6.45, 7) is 9.73. The largest absolute Gasteiger partial charge is 0.463 e. The molecule has 0 rings (SSSR count). The summed E-state index contributed by atoms with van der Waals surface area (Å²) in [5.74, 6) is 0.563. The zero-order chi connectivity index (χ0) is 24.8. The summed E-state index contributed by atoms with van der Waals surface area (Å²) in [7, 11) is 0. The lowest BCUT2D eigenvalue weighted by molar-refractivity contribution is -0.145. The molecule has 0 radical (unpaired) electrons. The fraction of sp³-hybridized carbons (Fsp3) is 0.958. The molecule has 34 heavy (non-hydrogen) atoms. The van der Waals surface area contributed by atoms with E-state index in [1.807, 2.05) is 6.92 Å². The Bertz CT molecular complexity index is 403. The first-order valence-electron chi connectivity index (χ1n) is 12.6. The SMILES string of the molecule is CCCC(=O)OCCOCCOCCOCCOCCOCCOCCOCCCCCCCl. The van der Waals surface area contributed by atoms with Crippen molar-refractivity contribution in [2.45, 2.75) is 45.4 Å². The van der Waals surface area contributed by atoms with Crippen molar-refractivity contribution in [3.63, 3.8) is 0 Å². The van der Waals surface area contributed by atoms with Gasteiger partial charge in [-0.1, -0.05) is 19.8 Å². The molecule has 0 aromatic carbocycles. The summed E-state index contributed by atoms with van der Waals surface area (Å²) < 4.78 is 43.0. The molecule has 0 saturated heterocycles. The Morgan fingerprint density at radius 2 is 0.853 bits per heavy atom. The third kappa shape index (κ3) is 29.5. The number of esters is 1. The van der Waals surface area contributed by atoms with Gasteiger partial charge >= 0.3 is 5.97 Å². The normalized spacial score (nSPS) is 11.2. The van der Waals surface area contributed by atoms with Crippen LogP contribution in [0, 0.1) is 0 Å². The fourth-order valence-electron chi connectivity index (χ4n) is 2.56. The van der Waals surface area contributed by atoms with Gasteiger partial charge in [0.1, 0.15) is 6.61 Å². The van der Waals surface area contributed by atoms with Crippen molar-refractivity contribution in [1.29, 1.82) is 0 Å². The maximum absolute atomic E-state index is 11.1. The second-order valence-electron chi connectivity index (χ2n) is 7.36. The highest BCUT2D eigenvalue weighted by Gasteiger charge is 2.00. The van der Waals surface area contributed by atoms with Crippen molar-refractivity contribution >= 4 is 17.6 Å². The van der Waals surface area contributed by atoms with E-state index < -0.39 is 0 Å². The van der Waals surface area contributed by atoms with Crippen molar-refractivity contribution in [3.8, 4) is 0 Å². The zero-order valence-electron chi connectivity index (χ0n) is 21.1. The molecule has 9 nitrogen and oxygen atoms in total. The van der Waals surface area contributed by atoms with Gasteiger partial charge in [-0.3, -0.25) is 4.79 Å². The molecule has 0 fully saturated rings. The minimum atomic E-state index is -0.182. The molecule has 0 unspecified atom stereocenters. The molecule has 0 bridgehead atoms. The highest BCUT2D eigenvalue weighted by atomic mass is 35.5. The van der Waals surface area contributed by atoms with E-state index in [0.29, 0.717) is 92.3 Å². The molecule has 0 aromatic heterocycles. The molecule has 0 heterocycles.